The summed E-state index contributed by atoms with van der Waals surface area (Å²) in [5.41, 5.74) is 2.44. The Bertz CT molecular complexity index is 351. The highest BCUT2D eigenvalue weighted by atomic mass is 15.1. The van der Waals surface area contributed by atoms with E-state index in [9.17, 15) is 0 Å². The molecule has 1 aliphatic heterocycles. The van der Waals surface area contributed by atoms with Crippen LogP contribution in [0.2, 0.25) is 0 Å². The lowest BCUT2D eigenvalue weighted by atomic mass is 9.97. The lowest BCUT2D eigenvalue weighted by Gasteiger charge is -2.34. The first-order valence-electron chi connectivity index (χ1n) is 6.68. The van der Waals surface area contributed by atoms with Crippen LogP contribution in [-0.4, -0.2) is 31.2 Å². The van der Waals surface area contributed by atoms with Gasteiger partial charge in [-0.1, -0.05) is 6.92 Å². The summed E-state index contributed by atoms with van der Waals surface area (Å²) < 4.78 is 0. The minimum Gasteiger partial charge on any atom is -0.371 e. The molecule has 94 valence electrons. The minimum atomic E-state index is 0.789. The molecule has 1 unspecified atom stereocenters. The standard InChI is InChI=1S/C14H23N3/c1-3-15-10-13-5-4-8-17(11-13)14-6-7-16-12(2)9-14/h6-7,9,13,15H,3-5,8,10-11H2,1-2H3. The molecule has 3 heteroatoms. The van der Waals surface area contributed by atoms with E-state index in [1.165, 1.54) is 31.6 Å². The first-order chi connectivity index (χ1) is 8.29. The van der Waals surface area contributed by atoms with Gasteiger partial charge < -0.3 is 10.2 Å². The summed E-state index contributed by atoms with van der Waals surface area (Å²) in [6.45, 7) is 8.82. The lowest BCUT2D eigenvalue weighted by Crippen LogP contribution is -2.39. The number of aryl methyl sites for hydroxylation is 1. The van der Waals surface area contributed by atoms with Crippen LogP contribution < -0.4 is 10.2 Å². The van der Waals surface area contributed by atoms with Gasteiger partial charge in [-0.25, -0.2) is 0 Å². The van der Waals surface area contributed by atoms with Crippen LogP contribution in [0.1, 0.15) is 25.5 Å². The molecular formula is C14H23N3. The van der Waals surface area contributed by atoms with E-state index < -0.39 is 0 Å². The lowest BCUT2D eigenvalue weighted by molar-refractivity contribution is 0.395. The Labute approximate surface area is 104 Å². The molecule has 0 saturated carbocycles. The number of aromatic nitrogens is 1. The van der Waals surface area contributed by atoms with Gasteiger partial charge in [-0.2, -0.15) is 0 Å². The Morgan fingerprint density at radius 2 is 2.41 bits per heavy atom. The van der Waals surface area contributed by atoms with Crippen molar-refractivity contribution < 1.29 is 0 Å². The molecule has 0 aromatic carbocycles. The molecule has 0 radical (unpaired) electrons. The highest BCUT2D eigenvalue weighted by Crippen LogP contribution is 2.22. The van der Waals surface area contributed by atoms with Crippen LogP contribution in [0.5, 0.6) is 0 Å². The third kappa shape index (κ3) is 3.43. The van der Waals surface area contributed by atoms with Gasteiger partial charge in [0.15, 0.2) is 0 Å². The minimum absolute atomic E-state index is 0.789. The van der Waals surface area contributed by atoms with Crippen LogP contribution in [0.15, 0.2) is 18.3 Å². The monoisotopic (exact) mass is 233 g/mol. The summed E-state index contributed by atoms with van der Waals surface area (Å²) in [7, 11) is 0. The van der Waals surface area contributed by atoms with E-state index in [4.69, 9.17) is 0 Å². The second kappa shape index (κ2) is 6.01. The zero-order chi connectivity index (χ0) is 12.1. The van der Waals surface area contributed by atoms with Gasteiger partial charge in [0.1, 0.15) is 0 Å². The van der Waals surface area contributed by atoms with Crippen molar-refractivity contribution in [3.8, 4) is 0 Å². The summed E-state index contributed by atoms with van der Waals surface area (Å²) in [5, 5.41) is 3.46. The zero-order valence-corrected chi connectivity index (χ0v) is 10.9. The maximum Gasteiger partial charge on any atom is 0.0399 e. The molecule has 1 fully saturated rings. The van der Waals surface area contributed by atoms with Crippen molar-refractivity contribution in [1.82, 2.24) is 10.3 Å². The molecule has 0 spiro atoms. The number of hydrogen-bond donors (Lipinski definition) is 1. The van der Waals surface area contributed by atoms with Crippen LogP contribution in [-0.2, 0) is 0 Å². The summed E-state index contributed by atoms with van der Waals surface area (Å²) in [6.07, 6.45) is 4.57. The summed E-state index contributed by atoms with van der Waals surface area (Å²) in [4.78, 5) is 6.76. The molecule has 1 N–H and O–H groups in total. The molecule has 0 bridgehead atoms. The molecule has 2 heterocycles. The van der Waals surface area contributed by atoms with Gasteiger partial charge in [0.25, 0.3) is 0 Å². The third-order valence-corrected chi connectivity index (χ3v) is 3.45. The van der Waals surface area contributed by atoms with Crippen LogP contribution in [0, 0.1) is 12.8 Å². The van der Waals surface area contributed by atoms with E-state index in [0.29, 0.717) is 0 Å². The average molecular weight is 233 g/mol. The van der Waals surface area contributed by atoms with E-state index in [0.717, 1.165) is 24.7 Å². The third-order valence-electron chi connectivity index (χ3n) is 3.45. The largest absolute Gasteiger partial charge is 0.371 e. The number of piperidine rings is 1. The van der Waals surface area contributed by atoms with Crippen molar-refractivity contribution in [2.75, 3.05) is 31.1 Å². The van der Waals surface area contributed by atoms with Crippen molar-refractivity contribution in [2.24, 2.45) is 5.92 Å². The Balaban J connectivity index is 1.97. The van der Waals surface area contributed by atoms with Gasteiger partial charge in [0.05, 0.1) is 0 Å². The molecule has 1 atom stereocenters. The topological polar surface area (TPSA) is 28.2 Å². The van der Waals surface area contributed by atoms with Gasteiger partial charge in [0, 0.05) is 30.7 Å². The molecule has 17 heavy (non-hydrogen) atoms. The number of pyridine rings is 1. The normalized spacial score (nSPS) is 20.6. The van der Waals surface area contributed by atoms with E-state index in [-0.39, 0.29) is 0 Å². The molecule has 0 aliphatic carbocycles. The molecule has 1 saturated heterocycles. The molecule has 2 rings (SSSR count). The molecule has 3 nitrogen and oxygen atoms in total. The van der Waals surface area contributed by atoms with Crippen LogP contribution in [0.4, 0.5) is 5.69 Å². The quantitative estimate of drug-likeness (QED) is 0.864. The summed E-state index contributed by atoms with van der Waals surface area (Å²) >= 11 is 0. The van der Waals surface area contributed by atoms with E-state index in [1.807, 2.05) is 6.20 Å². The van der Waals surface area contributed by atoms with Crippen LogP contribution >= 0.6 is 0 Å². The number of nitrogens with zero attached hydrogens (tertiary/aromatic N) is 2. The molecule has 1 aromatic rings. The van der Waals surface area contributed by atoms with Crippen molar-refractivity contribution in [1.29, 1.82) is 0 Å². The summed E-state index contributed by atoms with van der Waals surface area (Å²) in [5.74, 6) is 0.789. The smallest absolute Gasteiger partial charge is 0.0399 e. The fraction of sp³-hybridized carbons (Fsp3) is 0.643. The van der Waals surface area contributed by atoms with Crippen molar-refractivity contribution in [3.63, 3.8) is 0 Å². The SMILES string of the molecule is CCNCC1CCCN(c2ccnc(C)c2)C1. The Hall–Kier alpha value is -1.09. The maximum absolute atomic E-state index is 4.26. The highest BCUT2D eigenvalue weighted by molar-refractivity contribution is 5.46. The van der Waals surface area contributed by atoms with Crippen molar-refractivity contribution >= 4 is 5.69 Å². The molecule has 1 aromatic heterocycles. The van der Waals surface area contributed by atoms with Crippen LogP contribution in [0.25, 0.3) is 0 Å². The van der Waals surface area contributed by atoms with Gasteiger partial charge in [-0.3, -0.25) is 4.98 Å². The van der Waals surface area contributed by atoms with Crippen molar-refractivity contribution in [2.45, 2.75) is 26.7 Å². The Morgan fingerprint density at radius 1 is 1.53 bits per heavy atom. The fourth-order valence-electron chi connectivity index (χ4n) is 2.54. The van der Waals surface area contributed by atoms with Crippen LogP contribution in [0.3, 0.4) is 0 Å². The highest BCUT2D eigenvalue weighted by Gasteiger charge is 2.19. The molecule has 1 aliphatic rings. The van der Waals surface area contributed by atoms with Gasteiger partial charge in [-0.15, -0.1) is 0 Å². The predicted octanol–water partition coefficient (Wildman–Crippen LogP) is 2.22. The first kappa shape index (κ1) is 12.4. The maximum atomic E-state index is 4.26. The van der Waals surface area contributed by atoms with E-state index in [1.54, 1.807) is 0 Å². The molecule has 0 amide bonds. The van der Waals surface area contributed by atoms with Gasteiger partial charge >= 0.3 is 0 Å². The second-order valence-corrected chi connectivity index (χ2v) is 4.92. The number of nitrogens with one attached hydrogen (secondary N) is 1. The zero-order valence-electron chi connectivity index (χ0n) is 10.9. The summed E-state index contributed by atoms with van der Waals surface area (Å²) in [6, 6.07) is 4.32. The number of hydrogen-bond acceptors (Lipinski definition) is 3. The average Bonchev–Trinajstić information content (AvgIpc) is 2.37. The van der Waals surface area contributed by atoms with E-state index in [2.05, 4.69) is 41.2 Å². The predicted molar refractivity (Wildman–Crippen MR) is 72.5 cm³/mol. The molecular weight excluding hydrogens is 210 g/mol. The number of anilines is 1. The second-order valence-electron chi connectivity index (χ2n) is 4.92. The van der Waals surface area contributed by atoms with Gasteiger partial charge in [0.2, 0.25) is 0 Å². The fourth-order valence-corrected chi connectivity index (χ4v) is 2.54. The first-order valence-corrected chi connectivity index (χ1v) is 6.68. The number of rotatable bonds is 4. The van der Waals surface area contributed by atoms with Crippen molar-refractivity contribution in [3.05, 3.63) is 24.0 Å². The Morgan fingerprint density at radius 3 is 3.18 bits per heavy atom. The Kier molecular flexibility index (Phi) is 4.37. The van der Waals surface area contributed by atoms with E-state index >= 15 is 0 Å². The van der Waals surface area contributed by atoms with Gasteiger partial charge in [-0.05, 0) is 50.9 Å².